The molecule has 0 radical (unpaired) electrons. The molecule has 1 N–H and O–H groups in total. The molecule has 0 aliphatic heterocycles. The number of hydrogen-bond donors (Lipinski definition) is 1. The van der Waals surface area contributed by atoms with Gasteiger partial charge < -0.3 is 14.6 Å². The van der Waals surface area contributed by atoms with E-state index in [9.17, 15) is 18.9 Å². The highest BCUT2D eigenvalue weighted by Crippen LogP contribution is 2.35. The second-order valence-corrected chi connectivity index (χ2v) is 6.93. The number of ether oxygens (including phenoxy) is 1. The lowest BCUT2D eigenvalue weighted by atomic mass is 10.1. The van der Waals surface area contributed by atoms with E-state index in [4.69, 9.17) is 4.74 Å². The Labute approximate surface area is 175 Å². The van der Waals surface area contributed by atoms with Crippen molar-refractivity contribution in [1.29, 1.82) is 0 Å². The van der Waals surface area contributed by atoms with Gasteiger partial charge in [0.05, 0.1) is 23.4 Å². The fraction of sp³-hybridized carbons (Fsp3) is 0.143. The number of rotatable bonds is 5. The number of anilines is 2. The minimum Gasteiger partial charge on any atom is -0.494 e. The average molecular weight is 425 g/mol. The van der Waals surface area contributed by atoms with Crippen molar-refractivity contribution >= 4 is 28.2 Å². The highest BCUT2D eigenvalue weighted by molar-refractivity contribution is 5.96. The van der Waals surface area contributed by atoms with E-state index < -0.39 is 16.4 Å². The summed E-state index contributed by atoms with van der Waals surface area (Å²) in [5.74, 6) is -1.21. The Morgan fingerprint density at radius 1 is 1.23 bits per heavy atom. The molecule has 31 heavy (non-hydrogen) atoms. The molecule has 8 nitrogen and oxygen atoms in total. The van der Waals surface area contributed by atoms with E-state index in [1.807, 2.05) is 24.7 Å². The first kappa shape index (κ1) is 20.2. The van der Waals surface area contributed by atoms with E-state index in [0.29, 0.717) is 16.6 Å². The van der Waals surface area contributed by atoms with Gasteiger partial charge in [0, 0.05) is 48.0 Å². The Bertz CT molecular complexity index is 1340. The zero-order chi connectivity index (χ0) is 22.3. The van der Waals surface area contributed by atoms with Gasteiger partial charge in [-0.25, -0.2) is 14.4 Å². The second kappa shape index (κ2) is 7.63. The zero-order valence-corrected chi connectivity index (χ0v) is 16.8. The molecule has 4 aromatic rings. The molecule has 0 saturated carbocycles. The van der Waals surface area contributed by atoms with E-state index in [1.54, 1.807) is 12.3 Å². The van der Waals surface area contributed by atoms with Crippen molar-refractivity contribution in [2.24, 2.45) is 7.05 Å². The number of nitrogens with one attached hydrogen (secondary N) is 1. The summed E-state index contributed by atoms with van der Waals surface area (Å²) in [6.45, 7) is 1.82. The minimum absolute atomic E-state index is 0.0565. The number of benzene rings is 2. The third-order valence-electron chi connectivity index (χ3n) is 4.89. The molecule has 0 aliphatic rings. The fourth-order valence-electron chi connectivity index (χ4n) is 3.40. The molecule has 0 spiro atoms. The van der Waals surface area contributed by atoms with E-state index in [1.165, 1.54) is 19.2 Å². The fourth-order valence-corrected chi connectivity index (χ4v) is 3.40. The number of hydrogen-bond acceptors (Lipinski definition) is 6. The van der Waals surface area contributed by atoms with Gasteiger partial charge in [0.15, 0.2) is 0 Å². The topological polar surface area (TPSA) is 95.1 Å². The summed E-state index contributed by atoms with van der Waals surface area (Å²) < 4.78 is 34.8. The van der Waals surface area contributed by atoms with Gasteiger partial charge in [-0.05, 0) is 30.7 Å². The van der Waals surface area contributed by atoms with Crippen LogP contribution in [0.2, 0.25) is 0 Å². The maximum absolute atomic E-state index is 13.9. The molecular formula is C21H17F2N5O3. The molecular weight excluding hydrogens is 408 g/mol. The maximum Gasteiger partial charge on any atom is 0.307 e. The highest BCUT2D eigenvalue weighted by atomic mass is 19.1. The number of fused-ring (bicyclic) bond motifs is 1. The lowest BCUT2D eigenvalue weighted by Gasteiger charge is -2.12. The standard InChI is InChI=1S/C21H17F2N5O3/c1-11-9-24-21(25-16-8-18(28(29)30)15(23)7-19(16)31-3)26-20(11)14-10-27(2)17-5-4-12(22)6-13(14)17/h4-10H,1-3H3,(H,24,25,26). The number of aryl methyl sites for hydroxylation is 2. The van der Waals surface area contributed by atoms with Crippen LogP contribution in [0.25, 0.3) is 22.2 Å². The van der Waals surface area contributed by atoms with Gasteiger partial charge in [-0.3, -0.25) is 10.1 Å². The summed E-state index contributed by atoms with van der Waals surface area (Å²) in [6, 6.07) is 6.45. The smallest absolute Gasteiger partial charge is 0.307 e. The number of aromatic nitrogens is 3. The van der Waals surface area contributed by atoms with E-state index in [2.05, 4.69) is 15.3 Å². The van der Waals surface area contributed by atoms with Crippen LogP contribution in [0.5, 0.6) is 5.75 Å². The predicted molar refractivity (Wildman–Crippen MR) is 112 cm³/mol. The van der Waals surface area contributed by atoms with Gasteiger partial charge in [-0.2, -0.15) is 4.39 Å². The molecule has 4 rings (SSSR count). The summed E-state index contributed by atoms with van der Waals surface area (Å²) in [6.07, 6.45) is 3.42. The van der Waals surface area contributed by atoms with Crippen molar-refractivity contribution in [3.05, 3.63) is 70.0 Å². The zero-order valence-electron chi connectivity index (χ0n) is 16.8. The largest absolute Gasteiger partial charge is 0.494 e. The van der Waals surface area contributed by atoms with Crippen LogP contribution >= 0.6 is 0 Å². The molecule has 2 heterocycles. The molecule has 2 aromatic heterocycles. The molecule has 0 atom stereocenters. The molecule has 158 valence electrons. The van der Waals surface area contributed by atoms with Crippen LogP contribution in [0, 0.1) is 28.7 Å². The normalized spacial score (nSPS) is 11.0. The number of nitrogens with zero attached hydrogens (tertiary/aromatic N) is 4. The van der Waals surface area contributed by atoms with Crippen LogP contribution < -0.4 is 10.1 Å². The highest BCUT2D eigenvalue weighted by Gasteiger charge is 2.20. The van der Waals surface area contributed by atoms with Crippen molar-refractivity contribution in [2.45, 2.75) is 6.92 Å². The van der Waals surface area contributed by atoms with E-state index in [-0.39, 0.29) is 23.2 Å². The van der Waals surface area contributed by atoms with E-state index >= 15 is 0 Å². The second-order valence-electron chi connectivity index (χ2n) is 6.93. The monoisotopic (exact) mass is 425 g/mol. The Hall–Kier alpha value is -4.08. The third kappa shape index (κ3) is 3.63. The first-order valence-corrected chi connectivity index (χ1v) is 9.16. The summed E-state index contributed by atoms with van der Waals surface area (Å²) in [7, 11) is 3.17. The molecule has 0 fully saturated rings. The first-order valence-electron chi connectivity index (χ1n) is 9.16. The molecule has 0 amide bonds. The number of methoxy groups -OCH3 is 1. The molecule has 0 bridgehead atoms. The number of nitro benzene ring substituents is 1. The van der Waals surface area contributed by atoms with Crippen molar-refractivity contribution < 1.29 is 18.4 Å². The van der Waals surface area contributed by atoms with Crippen LogP contribution in [0.1, 0.15) is 5.56 Å². The van der Waals surface area contributed by atoms with Gasteiger partial charge in [0.2, 0.25) is 11.8 Å². The Kier molecular flexibility index (Phi) is 4.97. The molecule has 0 aliphatic carbocycles. The van der Waals surface area contributed by atoms with Gasteiger partial charge >= 0.3 is 5.69 Å². The molecule has 0 unspecified atom stereocenters. The number of halogens is 2. The molecule has 10 heteroatoms. The van der Waals surface area contributed by atoms with Gasteiger partial charge in [0.1, 0.15) is 11.6 Å². The van der Waals surface area contributed by atoms with Crippen molar-refractivity contribution in [1.82, 2.24) is 14.5 Å². The Morgan fingerprint density at radius 3 is 2.71 bits per heavy atom. The Morgan fingerprint density at radius 2 is 2.00 bits per heavy atom. The van der Waals surface area contributed by atoms with Crippen LogP contribution in [0.15, 0.2) is 42.7 Å². The lowest BCUT2D eigenvalue weighted by molar-refractivity contribution is -0.387. The van der Waals surface area contributed by atoms with Crippen LogP contribution in [0.3, 0.4) is 0 Å². The quantitative estimate of drug-likeness (QED) is 0.362. The van der Waals surface area contributed by atoms with E-state index in [0.717, 1.165) is 23.2 Å². The summed E-state index contributed by atoms with van der Waals surface area (Å²) in [5.41, 5.74) is 2.27. The van der Waals surface area contributed by atoms with Gasteiger partial charge in [0.25, 0.3) is 0 Å². The minimum atomic E-state index is -1.02. The van der Waals surface area contributed by atoms with Crippen LogP contribution in [0.4, 0.5) is 26.1 Å². The van der Waals surface area contributed by atoms with Gasteiger partial charge in [-0.15, -0.1) is 0 Å². The predicted octanol–water partition coefficient (Wildman–Crippen LogP) is 4.88. The van der Waals surface area contributed by atoms with Crippen molar-refractivity contribution in [2.75, 3.05) is 12.4 Å². The lowest BCUT2D eigenvalue weighted by Crippen LogP contribution is -2.03. The molecule has 0 saturated heterocycles. The summed E-state index contributed by atoms with van der Waals surface area (Å²) in [4.78, 5) is 19.0. The summed E-state index contributed by atoms with van der Waals surface area (Å²) >= 11 is 0. The summed E-state index contributed by atoms with van der Waals surface area (Å²) in [5, 5.41) is 14.6. The SMILES string of the molecule is COc1cc(F)c([N+](=O)[O-])cc1Nc1ncc(C)c(-c2cn(C)c3ccc(F)cc23)n1. The van der Waals surface area contributed by atoms with Crippen LogP contribution in [-0.4, -0.2) is 26.6 Å². The Balaban J connectivity index is 1.81. The maximum atomic E-state index is 13.9. The average Bonchev–Trinajstić information content (AvgIpc) is 3.05. The first-order chi connectivity index (χ1) is 14.8. The van der Waals surface area contributed by atoms with Crippen molar-refractivity contribution in [3.8, 4) is 17.0 Å². The third-order valence-corrected chi connectivity index (χ3v) is 4.89. The van der Waals surface area contributed by atoms with Crippen LogP contribution in [-0.2, 0) is 7.05 Å². The van der Waals surface area contributed by atoms with Crippen molar-refractivity contribution in [3.63, 3.8) is 0 Å². The molecule has 2 aromatic carbocycles. The number of nitro groups is 1. The van der Waals surface area contributed by atoms with Gasteiger partial charge in [-0.1, -0.05) is 0 Å².